The lowest BCUT2D eigenvalue weighted by Gasteiger charge is -2.50. The summed E-state index contributed by atoms with van der Waals surface area (Å²) >= 11 is 0. The fraction of sp³-hybridized carbons (Fsp3) is 0.304. The number of benzene rings is 2. The summed E-state index contributed by atoms with van der Waals surface area (Å²) in [6.45, 7) is 3.21. The molecule has 1 saturated heterocycles. The first-order valence-corrected chi connectivity index (χ1v) is 11.4. The fourth-order valence-corrected chi connectivity index (χ4v) is 6.55. The van der Waals surface area contributed by atoms with Gasteiger partial charge in [0.1, 0.15) is 5.70 Å². The Hall–Kier alpha value is -3.37. The van der Waals surface area contributed by atoms with Crippen molar-refractivity contribution >= 4 is 28.4 Å². The van der Waals surface area contributed by atoms with Gasteiger partial charge in [-0.05, 0) is 31.0 Å². The van der Waals surface area contributed by atoms with Crippen LogP contribution in [0.1, 0.15) is 19.4 Å². The number of aliphatic hydroxyl groups is 1. The highest BCUT2D eigenvalue weighted by molar-refractivity contribution is 7.89. The molecule has 0 spiro atoms. The number of carboxylic acids is 1. The normalized spacial score (nSPS) is 25.9. The molecule has 0 saturated carbocycles. The third-order valence-electron chi connectivity index (χ3n) is 6.35. The second-order valence-electron chi connectivity index (χ2n) is 8.50. The van der Waals surface area contributed by atoms with E-state index in [1.165, 1.54) is 19.1 Å². The highest BCUT2D eigenvalue weighted by Crippen LogP contribution is 2.57. The van der Waals surface area contributed by atoms with Crippen LogP contribution in [-0.2, 0) is 26.8 Å². The number of β-lactam (4-membered cyclic amide) rings is 1. The number of nitrogens with zero attached hydrogens (tertiary/aromatic N) is 2. The van der Waals surface area contributed by atoms with Crippen LogP contribution >= 0.6 is 0 Å². The number of carbonyl (C=O) groups excluding carboxylic acids is 1. The molecule has 1 amide bonds. The number of hydrogen-bond acceptors (Lipinski definition) is 6. The molecule has 2 N–H and O–H groups in total. The van der Waals surface area contributed by atoms with Gasteiger partial charge in [0.25, 0.3) is 5.69 Å². The average molecular weight is 471 g/mol. The van der Waals surface area contributed by atoms with Crippen LogP contribution < -0.4 is 0 Å². The van der Waals surface area contributed by atoms with E-state index in [1.807, 2.05) is 0 Å². The number of carboxylic acid groups (broad SMARTS) is 1. The second-order valence-corrected chi connectivity index (χ2v) is 9.92. The van der Waals surface area contributed by atoms with E-state index in [0.29, 0.717) is 10.5 Å². The molecule has 2 aliphatic rings. The molecule has 10 heteroatoms. The standard InChI is InChI=1S/C23H22N2O7S/c1-13(26)17-19-23(2,12-14-8-10-15(11-9-14)25(30)31)20(18(22(28)29)24(19)21(17)27)33(32)16-6-4-3-5-7-16/h3-11,13,17,19,26H,12H2,1-2H3,(H,28,29)/t13-,17-,19+,23-,33?/m1/s1. The van der Waals surface area contributed by atoms with Gasteiger partial charge in [-0.15, -0.1) is 0 Å². The number of non-ortho nitro benzene ring substituents is 1. The molecule has 2 aromatic rings. The zero-order valence-corrected chi connectivity index (χ0v) is 18.7. The van der Waals surface area contributed by atoms with Gasteiger partial charge in [-0.3, -0.25) is 14.9 Å². The number of amides is 1. The van der Waals surface area contributed by atoms with Gasteiger partial charge < -0.3 is 15.1 Å². The molecule has 9 nitrogen and oxygen atoms in total. The molecule has 2 aromatic carbocycles. The quantitative estimate of drug-likeness (QED) is 0.360. The van der Waals surface area contributed by atoms with Crippen molar-refractivity contribution < 1.29 is 28.9 Å². The predicted molar refractivity (Wildman–Crippen MR) is 118 cm³/mol. The van der Waals surface area contributed by atoms with Crippen molar-refractivity contribution in [2.24, 2.45) is 11.3 Å². The Morgan fingerprint density at radius 2 is 1.82 bits per heavy atom. The molecule has 172 valence electrons. The van der Waals surface area contributed by atoms with Crippen LogP contribution in [0.3, 0.4) is 0 Å². The summed E-state index contributed by atoms with van der Waals surface area (Å²) in [4.78, 5) is 37.3. The van der Waals surface area contributed by atoms with Gasteiger partial charge in [-0.25, -0.2) is 9.00 Å². The molecule has 0 bridgehead atoms. The predicted octanol–water partition coefficient (Wildman–Crippen LogP) is 2.47. The maximum atomic E-state index is 13.7. The summed E-state index contributed by atoms with van der Waals surface area (Å²) in [5, 5.41) is 31.3. The van der Waals surface area contributed by atoms with Crippen LogP contribution in [0.15, 0.2) is 70.1 Å². The van der Waals surface area contributed by atoms with Crippen molar-refractivity contribution in [2.75, 3.05) is 0 Å². The number of carbonyl (C=O) groups is 2. The Bertz CT molecular complexity index is 1190. The maximum absolute atomic E-state index is 13.7. The van der Waals surface area contributed by atoms with Crippen LogP contribution in [-0.4, -0.2) is 48.3 Å². The van der Waals surface area contributed by atoms with Gasteiger partial charge in [-0.1, -0.05) is 37.3 Å². The Kier molecular flexibility index (Phi) is 5.67. The number of rotatable bonds is 7. The van der Waals surface area contributed by atoms with Gasteiger partial charge in [-0.2, -0.15) is 0 Å². The van der Waals surface area contributed by atoms with Crippen molar-refractivity contribution in [3.63, 3.8) is 0 Å². The van der Waals surface area contributed by atoms with E-state index in [-0.39, 0.29) is 22.7 Å². The molecule has 5 atom stereocenters. The van der Waals surface area contributed by atoms with E-state index in [2.05, 4.69) is 0 Å². The van der Waals surface area contributed by atoms with E-state index < -0.39 is 51.1 Å². The Balaban J connectivity index is 1.87. The highest BCUT2D eigenvalue weighted by atomic mass is 32.2. The number of nitro groups is 1. The lowest BCUT2D eigenvalue weighted by molar-refractivity contribution is -0.384. The molecule has 1 unspecified atom stereocenters. The average Bonchev–Trinajstić information content (AvgIpc) is 2.99. The van der Waals surface area contributed by atoms with Crippen LogP contribution in [0.4, 0.5) is 5.69 Å². The third kappa shape index (κ3) is 3.55. The monoisotopic (exact) mass is 470 g/mol. The number of aliphatic carboxylic acids is 1. The minimum absolute atomic E-state index is 0.0903. The van der Waals surface area contributed by atoms with Gasteiger partial charge in [0.05, 0.1) is 38.7 Å². The number of fused-ring (bicyclic) bond motifs is 1. The van der Waals surface area contributed by atoms with Crippen molar-refractivity contribution in [3.8, 4) is 0 Å². The highest BCUT2D eigenvalue weighted by Gasteiger charge is 2.67. The molecule has 2 aliphatic heterocycles. The third-order valence-corrected chi connectivity index (χ3v) is 8.08. The molecule has 33 heavy (non-hydrogen) atoms. The molecule has 1 fully saturated rings. The van der Waals surface area contributed by atoms with E-state index in [9.17, 15) is 34.1 Å². The summed E-state index contributed by atoms with van der Waals surface area (Å²) in [5.41, 5.74) is -0.859. The lowest BCUT2D eigenvalue weighted by Crippen LogP contribution is -2.66. The molecular weight excluding hydrogens is 448 g/mol. The number of aliphatic hydroxyl groups excluding tert-OH is 1. The first-order valence-electron chi connectivity index (χ1n) is 10.3. The number of nitro benzene ring substituents is 1. The molecule has 0 aliphatic carbocycles. The smallest absolute Gasteiger partial charge is 0.353 e. The first-order chi connectivity index (χ1) is 15.6. The van der Waals surface area contributed by atoms with E-state index >= 15 is 0 Å². The summed E-state index contributed by atoms with van der Waals surface area (Å²) in [6.07, 6.45) is -0.859. The van der Waals surface area contributed by atoms with E-state index in [4.69, 9.17) is 0 Å². The van der Waals surface area contributed by atoms with Gasteiger partial charge in [0, 0.05) is 22.4 Å². The van der Waals surface area contributed by atoms with Gasteiger partial charge in [0.15, 0.2) is 0 Å². The molecule has 4 rings (SSSR count). The van der Waals surface area contributed by atoms with Crippen LogP contribution in [0.2, 0.25) is 0 Å². The molecule has 0 radical (unpaired) electrons. The Morgan fingerprint density at radius 1 is 1.21 bits per heavy atom. The summed E-state index contributed by atoms with van der Waals surface area (Å²) in [7, 11) is -1.89. The van der Waals surface area contributed by atoms with Crippen molar-refractivity contribution in [2.45, 2.75) is 37.3 Å². The molecular formula is C23H22N2O7S. The second kappa shape index (κ2) is 8.20. The molecule has 0 aromatic heterocycles. The Morgan fingerprint density at radius 3 is 2.33 bits per heavy atom. The SMILES string of the molecule is C[C@@H](O)[C@H]1C(=O)N2C(C(=O)O)=C(S(=O)c3ccccc3)[C@](C)(Cc3ccc([N+](=O)[O-])cc3)[C@H]12. The topological polar surface area (TPSA) is 138 Å². The van der Waals surface area contributed by atoms with Crippen molar-refractivity contribution in [3.05, 3.63) is 80.9 Å². The lowest BCUT2D eigenvalue weighted by atomic mass is 9.67. The zero-order chi connectivity index (χ0) is 24.1. The zero-order valence-electron chi connectivity index (χ0n) is 17.9. The first kappa shape index (κ1) is 22.8. The number of hydrogen-bond donors (Lipinski definition) is 2. The van der Waals surface area contributed by atoms with Crippen molar-refractivity contribution in [1.82, 2.24) is 4.90 Å². The summed E-state index contributed by atoms with van der Waals surface area (Å²) in [6, 6.07) is 13.5. The fourth-order valence-electron chi connectivity index (χ4n) is 4.93. The maximum Gasteiger partial charge on any atom is 0.353 e. The van der Waals surface area contributed by atoms with Crippen molar-refractivity contribution in [1.29, 1.82) is 0 Å². The minimum Gasteiger partial charge on any atom is -0.477 e. The summed E-state index contributed by atoms with van der Waals surface area (Å²) in [5.74, 6) is -2.75. The summed E-state index contributed by atoms with van der Waals surface area (Å²) < 4.78 is 13.7. The van der Waals surface area contributed by atoms with E-state index in [1.54, 1.807) is 49.4 Å². The minimum atomic E-state index is -1.89. The van der Waals surface area contributed by atoms with Gasteiger partial charge >= 0.3 is 5.97 Å². The Labute approximate surface area is 192 Å². The molecule has 2 heterocycles. The largest absolute Gasteiger partial charge is 0.477 e. The van der Waals surface area contributed by atoms with E-state index in [0.717, 1.165) is 4.90 Å². The van der Waals surface area contributed by atoms with Crippen LogP contribution in [0.5, 0.6) is 0 Å². The van der Waals surface area contributed by atoms with Gasteiger partial charge in [0.2, 0.25) is 5.91 Å². The van der Waals surface area contributed by atoms with Crippen LogP contribution in [0, 0.1) is 21.4 Å². The van der Waals surface area contributed by atoms with Crippen LogP contribution in [0.25, 0.3) is 0 Å².